The molecule has 28 heavy (non-hydrogen) atoms. The van der Waals surface area contributed by atoms with E-state index in [2.05, 4.69) is 46.2 Å². The van der Waals surface area contributed by atoms with E-state index in [0.29, 0.717) is 12.0 Å². The molecule has 2 atom stereocenters. The van der Waals surface area contributed by atoms with Crippen molar-refractivity contribution in [3.63, 3.8) is 0 Å². The van der Waals surface area contributed by atoms with E-state index in [-0.39, 0.29) is 0 Å². The number of aromatic nitrogens is 3. The third kappa shape index (κ3) is 8.17. The number of aryl methyl sites for hydroxylation is 1. The maximum Gasteiger partial charge on any atom is 0.191 e. The average molecular weight is 393 g/mol. The molecule has 7 heteroatoms. The Morgan fingerprint density at radius 3 is 2.86 bits per heavy atom. The molecule has 2 unspecified atom stereocenters. The van der Waals surface area contributed by atoms with E-state index in [1.165, 1.54) is 32.1 Å². The van der Waals surface area contributed by atoms with Gasteiger partial charge in [-0.2, -0.15) is 0 Å². The summed E-state index contributed by atoms with van der Waals surface area (Å²) >= 11 is 0. The van der Waals surface area contributed by atoms with Crippen molar-refractivity contribution in [2.24, 2.45) is 10.9 Å². The predicted molar refractivity (Wildman–Crippen MR) is 115 cm³/mol. The molecule has 7 nitrogen and oxygen atoms in total. The van der Waals surface area contributed by atoms with E-state index in [9.17, 15) is 0 Å². The Balaban J connectivity index is 1.81. The zero-order chi connectivity index (χ0) is 20.0. The number of hydrogen-bond donors (Lipinski definition) is 2. The molecule has 160 valence electrons. The molecule has 1 saturated carbocycles. The van der Waals surface area contributed by atoms with Gasteiger partial charge in [0.2, 0.25) is 0 Å². The summed E-state index contributed by atoms with van der Waals surface area (Å²) in [6.45, 7) is 10.7. The standard InChI is InChI=1S/C21H40N6O/c1-4-6-15-28-16-9-12-22-21(25-19-11-8-7-10-18(19)3)23-13-14-27-17-24-26-20(27)5-2/h17-19H,4-16H2,1-3H3,(H2,22,23,25). The van der Waals surface area contributed by atoms with Crippen LogP contribution in [0, 0.1) is 5.92 Å². The van der Waals surface area contributed by atoms with Gasteiger partial charge >= 0.3 is 0 Å². The third-order valence-corrected chi connectivity index (χ3v) is 5.45. The number of guanidine groups is 1. The number of ether oxygens (including phenoxy) is 1. The van der Waals surface area contributed by atoms with Gasteiger partial charge in [0.05, 0.1) is 0 Å². The van der Waals surface area contributed by atoms with Crippen LogP contribution in [0.4, 0.5) is 0 Å². The molecule has 2 N–H and O–H groups in total. The number of nitrogens with zero attached hydrogens (tertiary/aromatic N) is 4. The summed E-state index contributed by atoms with van der Waals surface area (Å²) in [6, 6.07) is 0.516. The van der Waals surface area contributed by atoms with Crippen molar-refractivity contribution in [1.29, 1.82) is 0 Å². The summed E-state index contributed by atoms with van der Waals surface area (Å²) in [6.07, 6.45) is 11.2. The van der Waals surface area contributed by atoms with E-state index in [1.807, 2.05) is 6.33 Å². The van der Waals surface area contributed by atoms with Crippen molar-refractivity contribution < 1.29 is 4.74 Å². The highest BCUT2D eigenvalue weighted by Crippen LogP contribution is 2.23. The van der Waals surface area contributed by atoms with E-state index in [4.69, 9.17) is 9.73 Å². The lowest BCUT2D eigenvalue weighted by Crippen LogP contribution is -2.48. The molecular formula is C21H40N6O. The number of hydrogen-bond acceptors (Lipinski definition) is 4. The van der Waals surface area contributed by atoms with Crippen LogP contribution in [0.5, 0.6) is 0 Å². The zero-order valence-corrected chi connectivity index (χ0v) is 18.1. The summed E-state index contributed by atoms with van der Waals surface area (Å²) in [5.74, 6) is 2.65. The van der Waals surface area contributed by atoms with E-state index < -0.39 is 0 Å². The zero-order valence-electron chi connectivity index (χ0n) is 18.1. The first-order chi connectivity index (χ1) is 13.7. The Hall–Kier alpha value is -1.63. The van der Waals surface area contributed by atoms with Gasteiger partial charge in [-0.25, -0.2) is 0 Å². The SMILES string of the molecule is CCCCOCCCN=C(NCCn1cnnc1CC)NC1CCCCC1C. The van der Waals surface area contributed by atoms with Crippen LogP contribution in [-0.2, 0) is 17.7 Å². The van der Waals surface area contributed by atoms with Gasteiger partial charge in [-0.15, -0.1) is 10.2 Å². The highest BCUT2D eigenvalue weighted by molar-refractivity contribution is 5.80. The van der Waals surface area contributed by atoms with Gasteiger partial charge in [0.1, 0.15) is 12.2 Å². The molecule has 0 radical (unpaired) electrons. The minimum Gasteiger partial charge on any atom is -0.381 e. The Bertz CT molecular complexity index is 559. The van der Waals surface area contributed by atoms with Crippen LogP contribution in [-0.4, -0.2) is 53.1 Å². The van der Waals surface area contributed by atoms with Gasteiger partial charge in [0.15, 0.2) is 5.96 Å². The summed E-state index contributed by atoms with van der Waals surface area (Å²) in [5.41, 5.74) is 0. The lowest BCUT2D eigenvalue weighted by Gasteiger charge is -2.31. The van der Waals surface area contributed by atoms with Crippen molar-refractivity contribution in [2.75, 3.05) is 26.3 Å². The normalized spacial score (nSPS) is 20.3. The first-order valence-electron chi connectivity index (χ1n) is 11.2. The van der Waals surface area contributed by atoms with Crippen LogP contribution < -0.4 is 10.6 Å². The van der Waals surface area contributed by atoms with Crippen molar-refractivity contribution in [3.8, 4) is 0 Å². The topological polar surface area (TPSA) is 76.4 Å². The molecule has 2 rings (SSSR count). The molecule has 0 amide bonds. The highest BCUT2D eigenvalue weighted by atomic mass is 16.5. The van der Waals surface area contributed by atoms with Gasteiger partial charge in [0.25, 0.3) is 0 Å². The molecule has 0 bridgehead atoms. The van der Waals surface area contributed by atoms with Crippen LogP contribution in [0.1, 0.15) is 71.5 Å². The molecule has 0 spiro atoms. The van der Waals surface area contributed by atoms with Crippen molar-refractivity contribution in [1.82, 2.24) is 25.4 Å². The van der Waals surface area contributed by atoms with E-state index >= 15 is 0 Å². The lowest BCUT2D eigenvalue weighted by molar-refractivity contribution is 0.130. The van der Waals surface area contributed by atoms with Gasteiger partial charge in [-0.3, -0.25) is 4.99 Å². The molecular weight excluding hydrogens is 352 g/mol. The Morgan fingerprint density at radius 2 is 2.07 bits per heavy atom. The molecule has 0 aromatic carbocycles. The maximum atomic E-state index is 5.65. The van der Waals surface area contributed by atoms with Crippen LogP contribution in [0.2, 0.25) is 0 Å². The molecule has 1 aromatic rings. The second-order valence-corrected chi connectivity index (χ2v) is 7.78. The Morgan fingerprint density at radius 1 is 1.25 bits per heavy atom. The second kappa shape index (κ2) is 13.5. The molecule has 1 aromatic heterocycles. The first-order valence-corrected chi connectivity index (χ1v) is 11.2. The van der Waals surface area contributed by atoms with E-state index in [1.54, 1.807) is 0 Å². The average Bonchev–Trinajstić information content (AvgIpc) is 3.16. The smallest absolute Gasteiger partial charge is 0.191 e. The Labute approximate surface area is 170 Å². The summed E-state index contributed by atoms with van der Waals surface area (Å²) in [5, 5.41) is 15.4. The second-order valence-electron chi connectivity index (χ2n) is 7.78. The summed E-state index contributed by atoms with van der Waals surface area (Å²) < 4.78 is 7.76. The van der Waals surface area contributed by atoms with Crippen LogP contribution >= 0.6 is 0 Å². The fourth-order valence-electron chi connectivity index (χ4n) is 3.60. The van der Waals surface area contributed by atoms with Gasteiger partial charge < -0.3 is 19.9 Å². The number of nitrogens with one attached hydrogen (secondary N) is 2. The monoisotopic (exact) mass is 392 g/mol. The first kappa shape index (κ1) is 22.7. The molecule has 1 fully saturated rings. The van der Waals surface area contributed by atoms with Crippen molar-refractivity contribution >= 4 is 5.96 Å². The molecule has 1 aliphatic carbocycles. The fraction of sp³-hybridized carbons (Fsp3) is 0.857. The summed E-state index contributed by atoms with van der Waals surface area (Å²) in [7, 11) is 0. The predicted octanol–water partition coefficient (Wildman–Crippen LogP) is 3.16. The largest absolute Gasteiger partial charge is 0.381 e. The quantitative estimate of drug-likeness (QED) is 0.325. The van der Waals surface area contributed by atoms with Crippen LogP contribution in [0.25, 0.3) is 0 Å². The number of unbranched alkanes of at least 4 members (excludes halogenated alkanes) is 1. The number of rotatable bonds is 12. The van der Waals surface area contributed by atoms with Crippen molar-refractivity contribution in [3.05, 3.63) is 12.2 Å². The van der Waals surface area contributed by atoms with Gasteiger partial charge in [-0.1, -0.05) is 40.0 Å². The van der Waals surface area contributed by atoms with Gasteiger partial charge in [-0.05, 0) is 31.6 Å². The molecule has 0 aliphatic heterocycles. The Kier molecular flexibility index (Phi) is 10.9. The van der Waals surface area contributed by atoms with Gasteiger partial charge in [0, 0.05) is 45.3 Å². The lowest BCUT2D eigenvalue weighted by atomic mass is 9.86. The van der Waals surface area contributed by atoms with Crippen LogP contribution in [0.15, 0.2) is 11.3 Å². The maximum absolute atomic E-state index is 5.65. The highest BCUT2D eigenvalue weighted by Gasteiger charge is 2.22. The fourth-order valence-corrected chi connectivity index (χ4v) is 3.60. The summed E-state index contributed by atoms with van der Waals surface area (Å²) in [4.78, 5) is 4.81. The van der Waals surface area contributed by atoms with Crippen LogP contribution in [0.3, 0.4) is 0 Å². The minimum atomic E-state index is 0.516. The van der Waals surface area contributed by atoms with Crippen molar-refractivity contribution in [2.45, 2.75) is 84.7 Å². The molecule has 1 aliphatic rings. The minimum absolute atomic E-state index is 0.516. The molecule has 1 heterocycles. The molecule has 0 saturated heterocycles. The third-order valence-electron chi connectivity index (χ3n) is 5.45. The number of aliphatic imine (C=N–C) groups is 1. The van der Waals surface area contributed by atoms with E-state index in [0.717, 1.165) is 63.9 Å².